The lowest BCUT2D eigenvalue weighted by Crippen LogP contribution is -2.56. The van der Waals surface area contributed by atoms with E-state index in [-0.39, 0.29) is 43.3 Å². The molecule has 3 aromatic rings. The van der Waals surface area contributed by atoms with E-state index in [1.54, 1.807) is 23.2 Å². The molecule has 5 rings (SSSR count). The van der Waals surface area contributed by atoms with Crippen LogP contribution in [0, 0.1) is 5.41 Å². The zero-order chi connectivity index (χ0) is 35.5. The van der Waals surface area contributed by atoms with Crippen molar-refractivity contribution in [1.82, 2.24) is 30.3 Å². The van der Waals surface area contributed by atoms with Gasteiger partial charge >= 0.3 is 6.03 Å². The van der Waals surface area contributed by atoms with Crippen LogP contribution in [-0.2, 0) is 40.3 Å². The summed E-state index contributed by atoms with van der Waals surface area (Å²) in [6.45, 7) is 8.65. The van der Waals surface area contributed by atoms with E-state index in [1.807, 2.05) is 79.2 Å². The number of anilines is 2. The molecular weight excluding hydrogens is 632 g/mol. The Labute approximate surface area is 295 Å². The number of amides is 5. The van der Waals surface area contributed by atoms with E-state index < -0.39 is 5.41 Å². The number of aryl methyl sites for hydroxylation is 1. The molecule has 2 saturated heterocycles. The first-order valence-electron chi connectivity index (χ1n) is 17.6. The zero-order valence-electron chi connectivity index (χ0n) is 29.5. The quantitative estimate of drug-likeness (QED) is 0.229. The van der Waals surface area contributed by atoms with Crippen LogP contribution in [0.25, 0.3) is 0 Å². The Bertz CT molecular complexity index is 1630. The van der Waals surface area contributed by atoms with Crippen molar-refractivity contribution in [3.8, 4) is 0 Å². The van der Waals surface area contributed by atoms with Gasteiger partial charge in [0.1, 0.15) is 12.4 Å². The lowest BCUT2D eigenvalue weighted by Gasteiger charge is -2.42. The van der Waals surface area contributed by atoms with E-state index in [9.17, 15) is 19.2 Å². The van der Waals surface area contributed by atoms with Gasteiger partial charge < -0.3 is 36.0 Å². The molecular formula is C38H50N8O4. The summed E-state index contributed by atoms with van der Waals surface area (Å²) in [4.78, 5) is 63.7. The van der Waals surface area contributed by atoms with Gasteiger partial charge in [0.2, 0.25) is 17.7 Å². The summed E-state index contributed by atoms with van der Waals surface area (Å²) in [7, 11) is 1.88. The highest BCUT2D eigenvalue weighted by molar-refractivity contribution is 5.96. The molecule has 0 aliphatic carbocycles. The third kappa shape index (κ3) is 9.45. The minimum atomic E-state index is -0.727. The maximum absolute atomic E-state index is 14.4. The van der Waals surface area contributed by atoms with Crippen molar-refractivity contribution in [3.63, 3.8) is 0 Å². The van der Waals surface area contributed by atoms with Gasteiger partial charge in [-0.15, -0.1) is 0 Å². The zero-order valence-corrected chi connectivity index (χ0v) is 29.5. The first-order chi connectivity index (χ1) is 24.2. The van der Waals surface area contributed by atoms with Crippen molar-refractivity contribution in [2.75, 3.05) is 63.5 Å². The van der Waals surface area contributed by atoms with Crippen molar-refractivity contribution < 1.29 is 19.2 Å². The van der Waals surface area contributed by atoms with Crippen LogP contribution in [0.2, 0.25) is 0 Å². The van der Waals surface area contributed by atoms with E-state index in [0.29, 0.717) is 57.1 Å². The van der Waals surface area contributed by atoms with Crippen LogP contribution < -0.4 is 21.3 Å². The minimum absolute atomic E-state index is 0.0286. The fourth-order valence-electron chi connectivity index (χ4n) is 6.71. The van der Waals surface area contributed by atoms with E-state index in [4.69, 9.17) is 0 Å². The van der Waals surface area contributed by atoms with Gasteiger partial charge in [0.15, 0.2) is 0 Å². The summed E-state index contributed by atoms with van der Waals surface area (Å²) in [5, 5.41) is 12.3. The van der Waals surface area contributed by atoms with Crippen molar-refractivity contribution in [1.29, 1.82) is 0 Å². The molecule has 0 unspecified atom stereocenters. The van der Waals surface area contributed by atoms with E-state index in [1.165, 1.54) is 0 Å². The number of pyridine rings is 1. The number of hydrogen-bond acceptors (Lipinski definition) is 7. The highest BCUT2D eigenvalue weighted by Gasteiger charge is 2.41. The second-order valence-electron chi connectivity index (χ2n) is 13.4. The number of likely N-dealkylation sites (tertiary alicyclic amines) is 1. The van der Waals surface area contributed by atoms with Crippen LogP contribution in [-0.4, -0.2) is 96.3 Å². The molecule has 2 aliphatic rings. The van der Waals surface area contributed by atoms with Gasteiger partial charge in [-0.1, -0.05) is 50.2 Å². The number of piperazine rings is 1. The Hall–Kier alpha value is -4.81. The summed E-state index contributed by atoms with van der Waals surface area (Å²) in [6.07, 6.45) is 3.51. The average Bonchev–Trinajstić information content (AvgIpc) is 3.13. The number of aromatic nitrogens is 1. The molecule has 5 amide bonds. The molecule has 2 aromatic carbocycles. The lowest BCUT2D eigenvalue weighted by atomic mass is 9.79. The van der Waals surface area contributed by atoms with Crippen LogP contribution in [0.1, 0.15) is 48.9 Å². The molecule has 0 spiro atoms. The fourth-order valence-corrected chi connectivity index (χ4v) is 6.71. The normalized spacial score (nSPS) is 15.7. The highest BCUT2D eigenvalue weighted by atomic mass is 16.2. The van der Waals surface area contributed by atoms with Crippen LogP contribution >= 0.6 is 0 Å². The maximum Gasteiger partial charge on any atom is 0.320 e. The number of rotatable bonds is 12. The molecule has 2 fully saturated rings. The molecule has 0 bridgehead atoms. The standard InChI is InChI=1S/C38H50N8O4/c1-4-28-12-13-32(23-31(28)24-34(47)43-33-11-7-8-16-41-33)42-35(48)27-46(26-30-10-6-5-9-29(30)25-39-3)36(49)38(2)14-19-44(20-15-38)37(50)45-21-17-40-18-22-45/h5-13,16,23,39-40H,4,14-15,17-22,24-27H2,1-3H3,(H,42,48)(H,41,43,47). The number of piperidine rings is 1. The van der Waals surface area contributed by atoms with Crippen LogP contribution in [0.3, 0.4) is 0 Å². The highest BCUT2D eigenvalue weighted by Crippen LogP contribution is 2.34. The van der Waals surface area contributed by atoms with Gasteiger partial charge in [-0.2, -0.15) is 0 Å². The molecule has 1 aromatic heterocycles. The number of nitrogens with one attached hydrogen (secondary N) is 4. The maximum atomic E-state index is 14.4. The Balaban J connectivity index is 1.30. The number of hydrogen-bond donors (Lipinski definition) is 4. The molecule has 12 heteroatoms. The summed E-state index contributed by atoms with van der Waals surface area (Å²) in [6, 6.07) is 18.9. The van der Waals surface area contributed by atoms with Crippen LogP contribution in [0.15, 0.2) is 66.9 Å². The number of urea groups is 1. The number of carbonyl (C=O) groups excluding carboxylic acids is 4. The van der Waals surface area contributed by atoms with E-state index in [2.05, 4.69) is 26.3 Å². The first kappa shape index (κ1) is 36.5. The third-order valence-electron chi connectivity index (χ3n) is 9.66. The van der Waals surface area contributed by atoms with Crippen LogP contribution in [0.4, 0.5) is 16.3 Å². The SMILES string of the molecule is CCc1ccc(NC(=O)CN(Cc2ccccc2CNC)C(=O)C2(C)CCN(C(=O)N3CCNCC3)CC2)cc1CC(=O)Nc1ccccn1. The van der Waals surface area contributed by atoms with Gasteiger partial charge in [0.05, 0.1) is 6.42 Å². The molecule has 2 aliphatic heterocycles. The molecule has 0 radical (unpaired) electrons. The Morgan fingerprint density at radius 1 is 0.840 bits per heavy atom. The lowest BCUT2D eigenvalue weighted by molar-refractivity contribution is -0.146. The largest absolute Gasteiger partial charge is 0.329 e. The second-order valence-corrected chi connectivity index (χ2v) is 13.4. The minimum Gasteiger partial charge on any atom is -0.329 e. The molecule has 0 atom stereocenters. The van der Waals surface area contributed by atoms with Crippen LogP contribution in [0.5, 0.6) is 0 Å². The van der Waals surface area contributed by atoms with Crippen molar-refractivity contribution in [2.24, 2.45) is 5.41 Å². The predicted molar refractivity (Wildman–Crippen MR) is 194 cm³/mol. The summed E-state index contributed by atoms with van der Waals surface area (Å²) < 4.78 is 0. The number of nitrogens with zero attached hydrogens (tertiary/aromatic N) is 4. The van der Waals surface area contributed by atoms with Gasteiger partial charge in [-0.3, -0.25) is 14.4 Å². The van der Waals surface area contributed by atoms with Gasteiger partial charge in [-0.25, -0.2) is 9.78 Å². The van der Waals surface area contributed by atoms with Crippen molar-refractivity contribution in [2.45, 2.75) is 52.6 Å². The van der Waals surface area contributed by atoms with Gasteiger partial charge in [0, 0.05) is 69.7 Å². The third-order valence-corrected chi connectivity index (χ3v) is 9.66. The Kier molecular flexibility index (Phi) is 12.6. The summed E-state index contributed by atoms with van der Waals surface area (Å²) >= 11 is 0. The first-order valence-corrected chi connectivity index (χ1v) is 17.6. The van der Waals surface area contributed by atoms with Crippen molar-refractivity contribution >= 4 is 35.3 Å². The topological polar surface area (TPSA) is 139 Å². The molecule has 266 valence electrons. The summed E-state index contributed by atoms with van der Waals surface area (Å²) in [5.74, 6) is -0.152. The molecule has 3 heterocycles. The molecule has 4 N–H and O–H groups in total. The molecule has 12 nitrogen and oxygen atoms in total. The summed E-state index contributed by atoms with van der Waals surface area (Å²) in [5.41, 5.74) is 3.66. The Morgan fingerprint density at radius 3 is 2.22 bits per heavy atom. The molecule has 0 saturated carbocycles. The van der Waals surface area contributed by atoms with E-state index >= 15 is 0 Å². The van der Waals surface area contributed by atoms with E-state index in [0.717, 1.165) is 41.8 Å². The number of carbonyl (C=O) groups is 4. The monoisotopic (exact) mass is 682 g/mol. The second kappa shape index (κ2) is 17.2. The van der Waals surface area contributed by atoms with Crippen molar-refractivity contribution in [3.05, 3.63) is 89.1 Å². The fraction of sp³-hybridized carbons (Fsp3) is 0.447. The Morgan fingerprint density at radius 2 is 1.54 bits per heavy atom. The van der Waals surface area contributed by atoms with Gasteiger partial charge in [-0.05, 0) is 72.8 Å². The molecule has 50 heavy (non-hydrogen) atoms. The smallest absolute Gasteiger partial charge is 0.320 e. The van der Waals surface area contributed by atoms with Gasteiger partial charge in [0.25, 0.3) is 0 Å². The average molecular weight is 683 g/mol. The number of benzene rings is 2. The predicted octanol–water partition coefficient (Wildman–Crippen LogP) is 3.64.